The molecule has 3 aromatic carbocycles. The van der Waals surface area contributed by atoms with Gasteiger partial charge in [0.25, 0.3) is 5.91 Å². The molecule has 2 atom stereocenters. The molecule has 1 saturated heterocycles. The van der Waals surface area contributed by atoms with Crippen LogP contribution in [-0.4, -0.2) is 55.2 Å². The number of nitrogens with zero attached hydrogens (tertiary/aromatic N) is 1. The number of benzene rings is 3. The number of carbonyl (C=O) groups is 2. The van der Waals surface area contributed by atoms with Crippen LogP contribution in [-0.2, 0) is 26.7 Å². The molecule has 0 radical (unpaired) electrons. The number of rotatable bonds is 5. The van der Waals surface area contributed by atoms with Crippen molar-refractivity contribution in [3.8, 4) is 0 Å². The lowest BCUT2D eigenvalue weighted by Gasteiger charge is -2.43. The van der Waals surface area contributed by atoms with E-state index in [1.54, 1.807) is 0 Å². The first-order valence-corrected chi connectivity index (χ1v) is 15.4. The van der Waals surface area contributed by atoms with Gasteiger partial charge in [0.15, 0.2) is 9.84 Å². The molecule has 246 valence electrons. The maximum atomic E-state index is 15.0. The monoisotopic (exact) mass is 715 g/mol. The minimum Gasteiger partial charge on any atom is -0.478 e. The Hall–Kier alpha value is -3.43. The van der Waals surface area contributed by atoms with Crippen LogP contribution >= 0.6 is 23.2 Å². The molecule has 0 spiro atoms. The van der Waals surface area contributed by atoms with Gasteiger partial charge < -0.3 is 10.0 Å². The van der Waals surface area contributed by atoms with Crippen molar-refractivity contribution in [1.82, 2.24) is 4.90 Å². The number of aryl methyl sites for hydroxylation is 1. The highest BCUT2D eigenvalue weighted by atomic mass is 35.5. The summed E-state index contributed by atoms with van der Waals surface area (Å²) in [6.07, 6.45) is -13.9. The van der Waals surface area contributed by atoms with Gasteiger partial charge in [-0.3, -0.25) is 4.79 Å². The molecule has 1 heterocycles. The quantitative estimate of drug-likeness (QED) is 0.217. The number of fused-ring (bicyclic) bond motifs is 3. The molecular formula is C29H19Cl2F8NO5S. The van der Waals surface area contributed by atoms with Gasteiger partial charge in [-0.25, -0.2) is 22.0 Å². The van der Waals surface area contributed by atoms with Gasteiger partial charge in [-0.2, -0.15) is 26.3 Å². The lowest BCUT2D eigenvalue weighted by Crippen LogP contribution is -2.53. The summed E-state index contributed by atoms with van der Waals surface area (Å²) in [6.45, 7) is -0.322. The number of carbonyl (C=O) groups excluding carboxylic acids is 1. The number of sulfone groups is 1. The van der Waals surface area contributed by atoms with Crippen molar-refractivity contribution in [2.24, 2.45) is 0 Å². The minimum absolute atomic E-state index is 0.218. The average Bonchev–Trinajstić information content (AvgIpc) is 3.37. The van der Waals surface area contributed by atoms with E-state index in [1.807, 2.05) is 0 Å². The van der Waals surface area contributed by atoms with Crippen molar-refractivity contribution >= 4 is 44.9 Å². The van der Waals surface area contributed by atoms with Crippen LogP contribution in [0.3, 0.4) is 0 Å². The number of halogens is 10. The summed E-state index contributed by atoms with van der Waals surface area (Å²) in [4.78, 5) is 25.9. The number of hydrogen-bond donors (Lipinski definition) is 1. The molecule has 46 heavy (non-hydrogen) atoms. The molecule has 1 N–H and O–H groups in total. The molecule has 0 unspecified atom stereocenters. The fraction of sp³-hybridized carbons (Fsp3) is 0.310. The largest absolute Gasteiger partial charge is 0.478 e. The zero-order valence-corrected chi connectivity index (χ0v) is 25.1. The first-order valence-electron chi connectivity index (χ1n) is 13.2. The van der Waals surface area contributed by atoms with E-state index in [0.717, 1.165) is 41.3 Å². The van der Waals surface area contributed by atoms with Crippen molar-refractivity contribution in [3.05, 3.63) is 98.3 Å². The van der Waals surface area contributed by atoms with Gasteiger partial charge in [-0.15, -0.1) is 0 Å². The number of likely N-dealkylation sites (tertiary alicyclic amines) is 1. The highest BCUT2D eigenvalue weighted by molar-refractivity contribution is 7.92. The SMILES string of the molecule is O=C(O)c1cc(Cl)c(C(=O)N2CC[C@]3(S(=O)(=O)c4ccc(F)cc4)c4ccc(C(F)(C(F)(F)F)C(F)(F)F)cc4CC[C@H]23)cc1Cl. The molecule has 1 aliphatic heterocycles. The van der Waals surface area contributed by atoms with Crippen LogP contribution in [0.1, 0.15) is 50.2 Å². The van der Waals surface area contributed by atoms with Crippen LogP contribution in [0, 0.1) is 5.82 Å². The van der Waals surface area contributed by atoms with Gasteiger partial charge >= 0.3 is 24.0 Å². The Morgan fingerprint density at radius 2 is 1.43 bits per heavy atom. The predicted octanol–water partition coefficient (Wildman–Crippen LogP) is 7.65. The van der Waals surface area contributed by atoms with Gasteiger partial charge in [-0.05, 0) is 66.8 Å². The van der Waals surface area contributed by atoms with E-state index in [4.69, 9.17) is 23.2 Å². The Morgan fingerprint density at radius 1 is 0.870 bits per heavy atom. The standard InChI is InChI=1S/C29H19Cl2F8NO5S/c30-21-13-19(25(42)43)22(31)12-18(21)24(41)40-10-9-26(46(44,45)17-5-3-16(32)4-6-17)20-7-2-15(11-14(20)1-8-23(26)40)27(33,28(34,35)36)29(37,38)39/h2-7,11-13,23H,1,8-10H2,(H,42,43)/t23-,26-/m0/s1. The fourth-order valence-corrected chi connectivity index (χ4v) is 9.18. The summed E-state index contributed by atoms with van der Waals surface area (Å²) in [7, 11) is -4.72. The van der Waals surface area contributed by atoms with Crippen molar-refractivity contribution < 1.29 is 58.2 Å². The second kappa shape index (κ2) is 11.1. The van der Waals surface area contributed by atoms with E-state index < -0.39 is 78.8 Å². The van der Waals surface area contributed by atoms with E-state index >= 15 is 0 Å². The number of amides is 1. The molecular weight excluding hydrogens is 697 g/mol. The second-order valence-corrected chi connectivity index (χ2v) is 13.8. The average molecular weight is 716 g/mol. The normalized spacial score (nSPS) is 20.3. The Morgan fingerprint density at radius 3 is 2.00 bits per heavy atom. The zero-order chi connectivity index (χ0) is 34.2. The van der Waals surface area contributed by atoms with Gasteiger partial charge in [0, 0.05) is 12.1 Å². The summed E-state index contributed by atoms with van der Waals surface area (Å²) in [5.41, 5.74) is -8.89. The number of carboxylic acid groups (broad SMARTS) is 1. The summed E-state index contributed by atoms with van der Waals surface area (Å²) in [6, 6.07) is 5.33. The zero-order valence-electron chi connectivity index (χ0n) is 22.8. The summed E-state index contributed by atoms with van der Waals surface area (Å²) < 4.78 is 137. The van der Waals surface area contributed by atoms with E-state index in [1.165, 1.54) is 0 Å². The molecule has 3 aromatic rings. The number of carboxylic acids is 1. The predicted molar refractivity (Wildman–Crippen MR) is 148 cm³/mol. The van der Waals surface area contributed by atoms with Gasteiger partial charge in [-0.1, -0.05) is 41.4 Å². The molecule has 1 aliphatic carbocycles. The number of aromatic carboxylic acids is 1. The maximum Gasteiger partial charge on any atom is 0.435 e. The smallest absolute Gasteiger partial charge is 0.435 e. The highest BCUT2D eigenvalue weighted by Gasteiger charge is 2.74. The Labute approximate surface area is 265 Å². The molecule has 0 saturated carbocycles. The number of hydrogen-bond acceptors (Lipinski definition) is 4. The van der Waals surface area contributed by atoms with Gasteiger partial charge in [0.1, 0.15) is 10.6 Å². The Balaban J connectivity index is 1.70. The van der Waals surface area contributed by atoms with E-state index in [2.05, 4.69) is 0 Å². The van der Waals surface area contributed by atoms with Gasteiger partial charge in [0.05, 0.1) is 32.1 Å². The molecule has 1 fully saturated rings. The molecule has 1 amide bonds. The lowest BCUT2D eigenvalue weighted by atomic mass is 9.76. The Bertz CT molecular complexity index is 1850. The third kappa shape index (κ3) is 4.93. The van der Waals surface area contributed by atoms with E-state index in [-0.39, 0.29) is 52.2 Å². The van der Waals surface area contributed by atoms with E-state index in [0.29, 0.717) is 12.1 Å². The lowest BCUT2D eigenvalue weighted by molar-refractivity contribution is -0.348. The highest BCUT2D eigenvalue weighted by Crippen LogP contribution is 2.57. The molecule has 0 bridgehead atoms. The molecule has 17 heteroatoms. The first-order chi connectivity index (χ1) is 21.2. The minimum atomic E-state index is -6.41. The van der Waals surface area contributed by atoms with Crippen LogP contribution in [0.5, 0.6) is 0 Å². The van der Waals surface area contributed by atoms with Crippen molar-refractivity contribution in [3.63, 3.8) is 0 Å². The van der Waals surface area contributed by atoms with Gasteiger partial charge in [0.2, 0.25) is 0 Å². The third-order valence-corrected chi connectivity index (χ3v) is 11.6. The molecule has 0 aromatic heterocycles. The molecule has 2 aliphatic rings. The maximum absolute atomic E-state index is 15.0. The van der Waals surface area contributed by atoms with Crippen molar-refractivity contribution in [1.29, 1.82) is 0 Å². The first kappa shape index (κ1) is 33.9. The van der Waals surface area contributed by atoms with Crippen LogP contribution in [0.2, 0.25) is 10.0 Å². The molecule has 5 rings (SSSR count). The summed E-state index contributed by atoms with van der Waals surface area (Å²) >= 11 is 12.2. The topological polar surface area (TPSA) is 91.8 Å². The Kier molecular flexibility index (Phi) is 8.17. The van der Waals surface area contributed by atoms with Crippen LogP contribution in [0.25, 0.3) is 0 Å². The van der Waals surface area contributed by atoms with Crippen molar-refractivity contribution in [2.75, 3.05) is 6.54 Å². The molecule has 6 nitrogen and oxygen atoms in total. The second-order valence-electron chi connectivity index (χ2n) is 10.8. The third-order valence-electron chi connectivity index (χ3n) is 8.45. The summed E-state index contributed by atoms with van der Waals surface area (Å²) in [5.74, 6) is -3.14. The number of alkyl halides is 7. The van der Waals surface area contributed by atoms with Crippen LogP contribution in [0.15, 0.2) is 59.5 Å². The van der Waals surface area contributed by atoms with Crippen LogP contribution < -0.4 is 0 Å². The van der Waals surface area contributed by atoms with Crippen molar-refractivity contribution in [2.45, 2.75) is 53.0 Å². The van der Waals surface area contributed by atoms with Crippen LogP contribution in [0.4, 0.5) is 35.1 Å². The van der Waals surface area contributed by atoms with E-state index in [9.17, 15) is 58.2 Å². The fourth-order valence-electron chi connectivity index (χ4n) is 6.33. The summed E-state index contributed by atoms with van der Waals surface area (Å²) in [5, 5.41) is 8.60.